The average molecular weight is 183 g/mol. The molecular weight excluding hydrogens is 176 g/mol. The van der Waals surface area contributed by atoms with Gasteiger partial charge in [0.05, 0.1) is 5.56 Å². The highest BCUT2D eigenvalue weighted by Crippen LogP contribution is 2.18. The Bertz CT molecular complexity index is 327. The normalized spacial score (nSPS) is 16.1. The number of carbonyl (C=O) groups is 1. The summed E-state index contributed by atoms with van der Waals surface area (Å²) < 4.78 is 1.20. The second-order valence-electron chi connectivity index (χ2n) is 2.67. The molecule has 0 aliphatic carbocycles. The summed E-state index contributed by atoms with van der Waals surface area (Å²) in [6.07, 6.45) is 4.06. The van der Waals surface area contributed by atoms with Crippen molar-refractivity contribution < 1.29 is 4.79 Å². The SMILES string of the molecule is O=C1c2cnccc2CCN1Cl. The molecule has 62 valence electrons. The van der Waals surface area contributed by atoms with E-state index in [1.54, 1.807) is 12.4 Å². The van der Waals surface area contributed by atoms with E-state index < -0.39 is 0 Å². The van der Waals surface area contributed by atoms with Crippen LogP contribution in [0, 0.1) is 0 Å². The molecule has 0 saturated heterocycles. The van der Waals surface area contributed by atoms with Crippen molar-refractivity contribution in [3.63, 3.8) is 0 Å². The quantitative estimate of drug-likeness (QED) is 0.566. The topological polar surface area (TPSA) is 33.2 Å². The molecule has 0 spiro atoms. The zero-order valence-electron chi connectivity index (χ0n) is 6.33. The minimum atomic E-state index is -0.147. The lowest BCUT2D eigenvalue weighted by Crippen LogP contribution is -2.30. The third kappa shape index (κ3) is 1.06. The van der Waals surface area contributed by atoms with E-state index in [1.165, 1.54) is 4.42 Å². The van der Waals surface area contributed by atoms with Gasteiger partial charge in [-0.25, -0.2) is 0 Å². The number of carbonyl (C=O) groups excluding carboxylic acids is 1. The van der Waals surface area contributed by atoms with Gasteiger partial charge < -0.3 is 0 Å². The number of rotatable bonds is 0. The molecule has 12 heavy (non-hydrogen) atoms. The summed E-state index contributed by atoms with van der Waals surface area (Å²) in [6.45, 7) is 0.581. The van der Waals surface area contributed by atoms with Gasteiger partial charge in [0, 0.05) is 30.7 Å². The van der Waals surface area contributed by atoms with Crippen molar-refractivity contribution in [1.29, 1.82) is 0 Å². The van der Waals surface area contributed by atoms with Crippen LogP contribution < -0.4 is 0 Å². The highest BCUT2D eigenvalue weighted by Gasteiger charge is 2.22. The fraction of sp³-hybridized carbons (Fsp3) is 0.250. The fourth-order valence-electron chi connectivity index (χ4n) is 1.28. The predicted molar refractivity (Wildman–Crippen MR) is 44.8 cm³/mol. The second-order valence-corrected chi connectivity index (χ2v) is 3.08. The summed E-state index contributed by atoms with van der Waals surface area (Å²) in [4.78, 5) is 15.2. The summed E-state index contributed by atoms with van der Waals surface area (Å²) in [5, 5.41) is 0. The largest absolute Gasteiger partial charge is 0.270 e. The molecule has 0 N–H and O–H groups in total. The first-order valence-corrected chi connectivity index (χ1v) is 4.03. The van der Waals surface area contributed by atoms with Crippen molar-refractivity contribution in [2.24, 2.45) is 0 Å². The van der Waals surface area contributed by atoms with Crippen LogP contribution in [0.3, 0.4) is 0 Å². The molecule has 0 unspecified atom stereocenters. The van der Waals surface area contributed by atoms with Crippen LogP contribution in [0.15, 0.2) is 18.5 Å². The van der Waals surface area contributed by atoms with Crippen molar-refractivity contribution in [2.45, 2.75) is 6.42 Å². The second kappa shape index (κ2) is 2.75. The van der Waals surface area contributed by atoms with E-state index in [0.717, 1.165) is 12.0 Å². The minimum absolute atomic E-state index is 0.147. The number of amides is 1. The van der Waals surface area contributed by atoms with Gasteiger partial charge in [-0.2, -0.15) is 0 Å². The maximum atomic E-state index is 11.4. The third-order valence-electron chi connectivity index (χ3n) is 1.94. The first-order chi connectivity index (χ1) is 5.79. The minimum Gasteiger partial charge on any atom is -0.268 e. The number of halogens is 1. The molecule has 2 rings (SSSR count). The Hall–Kier alpha value is -1.09. The van der Waals surface area contributed by atoms with Crippen molar-refractivity contribution in [1.82, 2.24) is 9.40 Å². The third-order valence-corrected chi connectivity index (χ3v) is 2.26. The number of hydrogen-bond acceptors (Lipinski definition) is 2. The van der Waals surface area contributed by atoms with E-state index in [0.29, 0.717) is 12.1 Å². The summed E-state index contributed by atoms with van der Waals surface area (Å²) in [5.74, 6) is -0.147. The van der Waals surface area contributed by atoms with Gasteiger partial charge in [-0.3, -0.25) is 14.2 Å². The van der Waals surface area contributed by atoms with Crippen molar-refractivity contribution in [3.05, 3.63) is 29.6 Å². The molecule has 0 atom stereocenters. The summed E-state index contributed by atoms with van der Waals surface area (Å²) in [5.41, 5.74) is 1.66. The first-order valence-electron chi connectivity index (χ1n) is 3.69. The zero-order chi connectivity index (χ0) is 8.55. The molecule has 4 heteroatoms. The van der Waals surface area contributed by atoms with Gasteiger partial charge in [-0.1, -0.05) is 0 Å². The Morgan fingerprint density at radius 3 is 3.25 bits per heavy atom. The summed E-state index contributed by atoms with van der Waals surface area (Å²) >= 11 is 5.65. The Morgan fingerprint density at radius 1 is 1.58 bits per heavy atom. The van der Waals surface area contributed by atoms with Crippen molar-refractivity contribution in [3.8, 4) is 0 Å². The van der Waals surface area contributed by atoms with Crippen molar-refractivity contribution in [2.75, 3.05) is 6.54 Å². The molecule has 1 aromatic heterocycles. The van der Waals surface area contributed by atoms with Crippen LogP contribution in [0.4, 0.5) is 0 Å². The van der Waals surface area contributed by atoms with Gasteiger partial charge in [0.1, 0.15) is 0 Å². The number of pyridine rings is 1. The average Bonchev–Trinajstić information content (AvgIpc) is 2.12. The van der Waals surface area contributed by atoms with E-state index in [1.807, 2.05) is 6.07 Å². The van der Waals surface area contributed by atoms with Crippen LogP contribution in [0.25, 0.3) is 0 Å². The van der Waals surface area contributed by atoms with Gasteiger partial charge >= 0.3 is 0 Å². The monoisotopic (exact) mass is 182 g/mol. The lowest BCUT2D eigenvalue weighted by molar-refractivity contribution is 0.0851. The van der Waals surface area contributed by atoms with Crippen LogP contribution in [0.1, 0.15) is 15.9 Å². The van der Waals surface area contributed by atoms with Gasteiger partial charge in [0.15, 0.2) is 0 Å². The first kappa shape index (κ1) is 7.55. The Balaban J connectivity index is 2.49. The van der Waals surface area contributed by atoms with Crippen LogP contribution in [-0.2, 0) is 6.42 Å². The molecule has 1 amide bonds. The molecule has 2 heterocycles. The van der Waals surface area contributed by atoms with Gasteiger partial charge in [-0.05, 0) is 18.1 Å². The standard InChI is InChI=1S/C8H7ClN2O/c9-11-4-2-6-1-3-10-5-7(6)8(11)12/h1,3,5H,2,4H2. The lowest BCUT2D eigenvalue weighted by Gasteiger charge is -2.21. The van der Waals surface area contributed by atoms with Crippen LogP contribution in [-0.4, -0.2) is 21.9 Å². The van der Waals surface area contributed by atoms with E-state index in [-0.39, 0.29) is 5.91 Å². The zero-order valence-corrected chi connectivity index (χ0v) is 7.08. The van der Waals surface area contributed by atoms with Gasteiger partial charge in [-0.15, -0.1) is 0 Å². The molecule has 0 saturated carbocycles. The van der Waals surface area contributed by atoms with Crippen LogP contribution in [0.2, 0.25) is 0 Å². The van der Waals surface area contributed by atoms with Crippen LogP contribution in [0.5, 0.6) is 0 Å². The molecule has 0 radical (unpaired) electrons. The number of hydrogen-bond donors (Lipinski definition) is 0. The van der Waals surface area contributed by atoms with Gasteiger partial charge in [0.25, 0.3) is 5.91 Å². The molecule has 1 aromatic rings. The highest BCUT2D eigenvalue weighted by molar-refractivity contribution is 6.24. The smallest absolute Gasteiger partial charge is 0.268 e. The number of aromatic nitrogens is 1. The van der Waals surface area contributed by atoms with Gasteiger partial charge in [0.2, 0.25) is 0 Å². The number of fused-ring (bicyclic) bond motifs is 1. The molecule has 1 aliphatic rings. The maximum Gasteiger partial charge on any atom is 0.270 e. The van der Waals surface area contributed by atoms with E-state index in [9.17, 15) is 4.79 Å². The lowest BCUT2D eigenvalue weighted by atomic mass is 10.0. The summed E-state index contributed by atoms with van der Waals surface area (Å²) in [6, 6.07) is 1.86. The Kier molecular flexibility index (Phi) is 1.73. The van der Waals surface area contributed by atoms with E-state index >= 15 is 0 Å². The highest BCUT2D eigenvalue weighted by atomic mass is 35.5. The molecule has 1 aliphatic heterocycles. The predicted octanol–water partition coefficient (Wildman–Crippen LogP) is 1.23. The molecule has 0 bridgehead atoms. The van der Waals surface area contributed by atoms with Crippen LogP contribution >= 0.6 is 11.8 Å². The molecule has 0 fully saturated rings. The Labute approximate surface area is 75.1 Å². The molecular formula is C8H7ClN2O. The van der Waals surface area contributed by atoms with E-state index in [2.05, 4.69) is 4.98 Å². The fourth-order valence-corrected chi connectivity index (χ4v) is 1.46. The molecule has 3 nitrogen and oxygen atoms in total. The molecule has 0 aromatic carbocycles. The maximum absolute atomic E-state index is 11.4. The Morgan fingerprint density at radius 2 is 2.42 bits per heavy atom. The van der Waals surface area contributed by atoms with E-state index in [4.69, 9.17) is 11.8 Å². The number of nitrogens with zero attached hydrogens (tertiary/aromatic N) is 2. The summed E-state index contributed by atoms with van der Waals surface area (Å²) in [7, 11) is 0. The van der Waals surface area contributed by atoms with Crippen molar-refractivity contribution >= 4 is 17.7 Å².